The largest absolute Gasteiger partial charge is 0.481 e. The molecule has 0 spiro atoms. The average molecular weight is 400 g/mol. The van der Waals surface area contributed by atoms with Crippen LogP contribution in [-0.2, 0) is 16.0 Å². The van der Waals surface area contributed by atoms with Gasteiger partial charge >= 0.3 is 0 Å². The van der Waals surface area contributed by atoms with Crippen LogP contribution in [0.25, 0.3) is 0 Å². The van der Waals surface area contributed by atoms with Gasteiger partial charge in [0, 0.05) is 18.1 Å². The molecular weight excluding hydrogens is 366 g/mol. The molecule has 0 aliphatic rings. The zero-order valence-corrected chi connectivity index (χ0v) is 18.6. The summed E-state index contributed by atoms with van der Waals surface area (Å²) in [5.41, 5.74) is 4.03. The second-order valence-corrected chi connectivity index (χ2v) is 9.16. The van der Waals surface area contributed by atoms with Gasteiger partial charge in [-0.15, -0.1) is 0 Å². The molecule has 2 aromatic carbocycles. The number of hydrogen-bond donors (Lipinski definition) is 1. The number of ether oxygens (including phenoxy) is 1. The van der Waals surface area contributed by atoms with Crippen molar-refractivity contribution < 1.29 is 9.53 Å². The van der Waals surface area contributed by atoms with Gasteiger partial charge in [0.25, 0.3) is 5.91 Å². The summed E-state index contributed by atoms with van der Waals surface area (Å²) in [5, 5.41) is 3.01. The van der Waals surface area contributed by atoms with Crippen LogP contribution < -0.4 is 10.1 Å². The Kier molecular flexibility index (Phi) is 8.43. The van der Waals surface area contributed by atoms with E-state index in [2.05, 4.69) is 69.4 Å². The minimum absolute atomic E-state index is 0.0427. The molecule has 2 rings (SSSR count). The van der Waals surface area contributed by atoms with Crippen molar-refractivity contribution >= 4 is 17.7 Å². The number of amides is 1. The van der Waals surface area contributed by atoms with Crippen molar-refractivity contribution in [2.24, 2.45) is 0 Å². The second-order valence-electron chi connectivity index (χ2n) is 8.06. The van der Waals surface area contributed by atoms with Crippen LogP contribution in [0.4, 0.5) is 0 Å². The lowest BCUT2D eigenvalue weighted by Crippen LogP contribution is -2.39. The summed E-state index contributed by atoms with van der Waals surface area (Å²) < 4.78 is 5.92. The molecule has 4 heteroatoms. The van der Waals surface area contributed by atoms with Crippen molar-refractivity contribution in [1.29, 1.82) is 0 Å². The Morgan fingerprint density at radius 3 is 2.39 bits per heavy atom. The lowest BCUT2D eigenvalue weighted by molar-refractivity contribution is -0.127. The first-order valence-electron chi connectivity index (χ1n) is 9.98. The fourth-order valence-corrected chi connectivity index (χ4v) is 3.77. The molecule has 28 heavy (non-hydrogen) atoms. The van der Waals surface area contributed by atoms with E-state index in [4.69, 9.17) is 4.74 Å². The van der Waals surface area contributed by atoms with Crippen molar-refractivity contribution in [2.45, 2.75) is 58.3 Å². The smallest absolute Gasteiger partial charge is 0.261 e. The molecule has 1 amide bonds. The fourth-order valence-electron chi connectivity index (χ4n) is 2.83. The minimum atomic E-state index is -0.457. The summed E-state index contributed by atoms with van der Waals surface area (Å²) in [6.45, 7) is 11.3. The molecule has 2 aromatic rings. The maximum atomic E-state index is 12.4. The van der Waals surface area contributed by atoms with Crippen molar-refractivity contribution in [2.75, 3.05) is 12.3 Å². The van der Waals surface area contributed by atoms with E-state index in [0.29, 0.717) is 13.0 Å². The lowest BCUT2D eigenvalue weighted by atomic mass is 9.87. The van der Waals surface area contributed by atoms with Crippen LogP contribution in [0.3, 0.4) is 0 Å². The molecule has 0 radical (unpaired) electrons. The number of nitrogens with one attached hydrogen (secondary N) is 1. The van der Waals surface area contributed by atoms with Crippen molar-refractivity contribution in [3.05, 3.63) is 65.2 Å². The topological polar surface area (TPSA) is 38.3 Å². The van der Waals surface area contributed by atoms with Gasteiger partial charge in [-0.3, -0.25) is 4.79 Å². The number of benzene rings is 2. The van der Waals surface area contributed by atoms with E-state index < -0.39 is 6.10 Å². The number of carbonyl (C=O) groups is 1. The summed E-state index contributed by atoms with van der Waals surface area (Å²) in [4.78, 5) is 12.4. The maximum Gasteiger partial charge on any atom is 0.261 e. The second kappa shape index (κ2) is 10.6. The van der Waals surface area contributed by atoms with Crippen LogP contribution >= 0.6 is 11.8 Å². The Morgan fingerprint density at radius 1 is 1.11 bits per heavy atom. The Morgan fingerprint density at radius 2 is 1.79 bits per heavy atom. The maximum absolute atomic E-state index is 12.4. The predicted molar refractivity (Wildman–Crippen MR) is 120 cm³/mol. The van der Waals surface area contributed by atoms with Crippen molar-refractivity contribution in [3.8, 4) is 5.75 Å². The van der Waals surface area contributed by atoms with Gasteiger partial charge in [-0.2, -0.15) is 11.8 Å². The number of thioether (sulfide) groups is 1. The van der Waals surface area contributed by atoms with Gasteiger partial charge in [-0.25, -0.2) is 0 Å². The van der Waals surface area contributed by atoms with Gasteiger partial charge in [-0.1, -0.05) is 64.1 Å². The molecule has 0 unspecified atom stereocenters. The number of rotatable bonds is 9. The molecule has 0 saturated carbocycles. The molecule has 0 saturated heterocycles. The van der Waals surface area contributed by atoms with Crippen LogP contribution in [0.15, 0.2) is 48.5 Å². The summed E-state index contributed by atoms with van der Waals surface area (Å²) in [5.74, 6) is 2.55. The Hall–Kier alpha value is -1.94. The van der Waals surface area contributed by atoms with Crippen LogP contribution in [0.2, 0.25) is 0 Å². The first-order valence-corrected chi connectivity index (χ1v) is 11.1. The van der Waals surface area contributed by atoms with E-state index in [1.54, 1.807) is 0 Å². The van der Waals surface area contributed by atoms with Gasteiger partial charge in [-0.05, 0) is 47.6 Å². The van der Waals surface area contributed by atoms with Gasteiger partial charge < -0.3 is 10.1 Å². The van der Waals surface area contributed by atoms with Crippen molar-refractivity contribution in [3.63, 3.8) is 0 Å². The molecule has 152 valence electrons. The average Bonchev–Trinajstić information content (AvgIpc) is 2.66. The van der Waals surface area contributed by atoms with Crippen LogP contribution in [0.1, 0.15) is 50.8 Å². The lowest BCUT2D eigenvalue weighted by Gasteiger charge is -2.21. The molecule has 0 heterocycles. The molecule has 0 aromatic heterocycles. The van der Waals surface area contributed by atoms with E-state index in [1.165, 1.54) is 16.7 Å². The normalized spacial score (nSPS) is 12.5. The van der Waals surface area contributed by atoms with Crippen LogP contribution in [0.5, 0.6) is 5.75 Å². The van der Waals surface area contributed by atoms with E-state index in [9.17, 15) is 4.79 Å². The van der Waals surface area contributed by atoms with Gasteiger partial charge in [0.15, 0.2) is 6.10 Å². The quantitative estimate of drug-likeness (QED) is 0.566. The number of aryl methyl sites for hydroxylation is 1. The molecule has 0 aliphatic heterocycles. The van der Waals surface area contributed by atoms with Crippen LogP contribution in [-0.4, -0.2) is 24.3 Å². The van der Waals surface area contributed by atoms with E-state index >= 15 is 0 Å². The number of hydrogen-bond acceptors (Lipinski definition) is 3. The Balaban J connectivity index is 1.76. The van der Waals surface area contributed by atoms with Crippen LogP contribution in [0, 0.1) is 6.92 Å². The zero-order chi connectivity index (χ0) is 20.6. The molecule has 0 bridgehead atoms. The molecule has 0 aliphatic carbocycles. The van der Waals surface area contributed by atoms with Gasteiger partial charge in [0.1, 0.15) is 5.75 Å². The highest BCUT2D eigenvalue weighted by Gasteiger charge is 2.19. The highest BCUT2D eigenvalue weighted by Crippen LogP contribution is 2.25. The Labute approximate surface area is 174 Å². The summed E-state index contributed by atoms with van der Waals surface area (Å²) >= 11 is 1.83. The predicted octanol–water partition coefficient (Wildman–Crippen LogP) is 5.50. The first-order chi connectivity index (χ1) is 13.3. The third kappa shape index (κ3) is 6.90. The molecule has 0 fully saturated rings. The zero-order valence-electron chi connectivity index (χ0n) is 17.7. The number of carbonyl (C=O) groups excluding carboxylic acids is 1. The third-order valence-corrected chi connectivity index (χ3v) is 5.73. The SMILES string of the molecule is CC[C@@H](Oc1ccc(C(C)(C)C)cc1)C(=O)NCCSCc1ccccc1C. The first kappa shape index (κ1) is 22.4. The van der Waals surface area contributed by atoms with Gasteiger partial charge in [0.05, 0.1) is 0 Å². The Bertz CT molecular complexity index is 750. The molecule has 3 nitrogen and oxygen atoms in total. The fraction of sp³-hybridized carbons (Fsp3) is 0.458. The molecular formula is C24H33NO2S. The van der Waals surface area contributed by atoms with E-state index in [0.717, 1.165) is 17.3 Å². The highest BCUT2D eigenvalue weighted by molar-refractivity contribution is 7.98. The molecule has 1 atom stereocenters. The summed E-state index contributed by atoms with van der Waals surface area (Å²) in [7, 11) is 0. The van der Waals surface area contributed by atoms with Gasteiger partial charge in [0.2, 0.25) is 0 Å². The standard InChI is InChI=1S/C24H33NO2S/c1-6-22(27-21-13-11-20(12-14-21)24(3,4)5)23(26)25-15-16-28-17-19-10-8-7-9-18(19)2/h7-14,22H,6,15-17H2,1-5H3,(H,25,26)/t22-/m1/s1. The summed E-state index contributed by atoms with van der Waals surface area (Å²) in [6.07, 6.45) is 0.185. The third-order valence-electron chi connectivity index (χ3n) is 4.73. The van der Waals surface area contributed by atoms with E-state index in [-0.39, 0.29) is 11.3 Å². The monoisotopic (exact) mass is 399 g/mol. The van der Waals surface area contributed by atoms with E-state index in [1.807, 2.05) is 30.8 Å². The summed E-state index contributed by atoms with van der Waals surface area (Å²) in [6, 6.07) is 16.5. The van der Waals surface area contributed by atoms with Crippen molar-refractivity contribution in [1.82, 2.24) is 5.32 Å². The molecule has 1 N–H and O–H groups in total. The highest BCUT2D eigenvalue weighted by atomic mass is 32.2. The minimum Gasteiger partial charge on any atom is -0.481 e.